The maximum atomic E-state index is 10.9. The van der Waals surface area contributed by atoms with E-state index in [4.69, 9.17) is 9.84 Å². The first kappa shape index (κ1) is 10.9. The SMILES string of the molecule is O=C(O)CC1(N2CCCCC2)CCOC1. The van der Waals surface area contributed by atoms with Gasteiger partial charge in [0.25, 0.3) is 0 Å². The van der Waals surface area contributed by atoms with E-state index in [2.05, 4.69) is 4.90 Å². The summed E-state index contributed by atoms with van der Waals surface area (Å²) < 4.78 is 5.41. The summed E-state index contributed by atoms with van der Waals surface area (Å²) in [6.07, 6.45) is 4.77. The van der Waals surface area contributed by atoms with Gasteiger partial charge in [-0.05, 0) is 32.4 Å². The number of rotatable bonds is 3. The normalized spacial score (nSPS) is 33.1. The minimum atomic E-state index is -0.703. The van der Waals surface area contributed by atoms with E-state index in [1.807, 2.05) is 0 Å². The molecule has 4 heteroatoms. The summed E-state index contributed by atoms with van der Waals surface area (Å²) >= 11 is 0. The van der Waals surface area contributed by atoms with Crippen LogP contribution in [0.4, 0.5) is 0 Å². The summed E-state index contributed by atoms with van der Waals surface area (Å²) in [5.41, 5.74) is -0.202. The predicted molar refractivity (Wildman–Crippen MR) is 55.8 cm³/mol. The van der Waals surface area contributed by atoms with E-state index >= 15 is 0 Å². The molecule has 0 radical (unpaired) electrons. The van der Waals surface area contributed by atoms with Crippen LogP contribution in [0, 0.1) is 0 Å². The highest BCUT2D eigenvalue weighted by molar-refractivity contribution is 5.68. The fourth-order valence-electron chi connectivity index (χ4n) is 2.75. The van der Waals surface area contributed by atoms with Crippen molar-refractivity contribution in [3.05, 3.63) is 0 Å². The molecule has 0 aromatic heterocycles. The van der Waals surface area contributed by atoms with Crippen molar-refractivity contribution in [2.24, 2.45) is 0 Å². The Morgan fingerprint density at radius 2 is 2.07 bits per heavy atom. The molecule has 2 aliphatic rings. The van der Waals surface area contributed by atoms with Crippen molar-refractivity contribution in [2.75, 3.05) is 26.3 Å². The Labute approximate surface area is 90.2 Å². The van der Waals surface area contributed by atoms with Crippen LogP contribution in [0.25, 0.3) is 0 Å². The Balaban J connectivity index is 2.06. The Morgan fingerprint density at radius 1 is 1.33 bits per heavy atom. The Morgan fingerprint density at radius 3 is 2.60 bits per heavy atom. The second-order valence-corrected chi connectivity index (χ2v) is 4.65. The van der Waals surface area contributed by atoms with Gasteiger partial charge in [0.1, 0.15) is 0 Å². The molecule has 2 heterocycles. The Hall–Kier alpha value is -0.610. The van der Waals surface area contributed by atoms with Crippen molar-refractivity contribution >= 4 is 5.97 Å². The zero-order valence-electron chi connectivity index (χ0n) is 9.07. The van der Waals surface area contributed by atoms with Crippen LogP contribution < -0.4 is 0 Å². The monoisotopic (exact) mass is 213 g/mol. The van der Waals surface area contributed by atoms with Crippen molar-refractivity contribution in [1.29, 1.82) is 0 Å². The average molecular weight is 213 g/mol. The van der Waals surface area contributed by atoms with Crippen LogP contribution in [-0.2, 0) is 9.53 Å². The molecular formula is C11H19NO3. The summed E-state index contributed by atoms with van der Waals surface area (Å²) in [5.74, 6) is -0.703. The third kappa shape index (κ3) is 2.32. The zero-order valence-corrected chi connectivity index (χ0v) is 9.07. The van der Waals surface area contributed by atoms with E-state index in [0.29, 0.717) is 13.2 Å². The molecule has 0 aromatic carbocycles. The lowest BCUT2D eigenvalue weighted by Crippen LogP contribution is -2.52. The smallest absolute Gasteiger partial charge is 0.305 e. The average Bonchev–Trinajstić information content (AvgIpc) is 2.68. The molecule has 2 saturated heterocycles. The molecule has 0 amide bonds. The first-order chi connectivity index (χ1) is 7.23. The van der Waals surface area contributed by atoms with E-state index in [-0.39, 0.29) is 12.0 Å². The lowest BCUT2D eigenvalue weighted by molar-refractivity contribution is -0.140. The van der Waals surface area contributed by atoms with E-state index in [0.717, 1.165) is 19.5 Å². The van der Waals surface area contributed by atoms with Crippen molar-refractivity contribution < 1.29 is 14.6 Å². The number of nitrogens with zero attached hydrogens (tertiary/aromatic N) is 1. The zero-order chi connectivity index (χ0) is 10.7. The first-order valence-electron chi connectivity index (χ1n) is 5.78. The van der Waals surface area contributed by atoms with Crippen molar-refractivity contribution in [3.63, 3.8) is 0 Å². The molecule has 0 saturated carbocycles. The van der Waals surface area contributed by atoms with Gasteiger partial charge in [0.05, 0.1) is 18.6 Å². The lowest BCUT2D eigenvalue weighted by Gasteiger charge is -2.41. The van der Waals surface area contributed by atoms with E-state index in [1.54, 1.807) is 0 Å². The number of carbonyl (C=O) groups is 1. The van der Waals surface area contributed by atoms with Gasteiger partial charge in [0.2, 0.25) is 0 Å². The predicted octanol–water partition coefficient (Wildman–Crippen LogP) is 1.11. The quantitative estimate of drug-likeness (QED) is 0.763. The molecule has 1 atom stereocenters. The van der Waals surface area contributed by atoms with Crippen LogP contribution in [0.1, 0.15) is 32.1 Å². The van der Waals surface area contributed by atoms with Crippen LogP contribution in [0.3, 0.4) is 0 Å². The van der Waals surface area contributed by atoms with Crippen molar-refractivity contribution in [2.45, 2.75) is 37.6 Å². The third-order valence-corrected chi connectivity index (χ3v) is 3.59. The second kappa shape index (κ2) is 4.49. The van der Waals surface area contributed by atoms with Crippen LogP contribution in [0.5, 0.6) is 0 Å². The molecule has 1 N–H and O–H groups in total. The highest BCUT2D eigenvalue weighted by atomic mass is 16.5. The van der Waals surface area contributed by atoms with E-state index in [9.17, 15) is 4.79 Å². The van der Waals surface area contributed by atoms with E-state index in [1.165, 1.54) is 19.3 Å². The maximum absolute atomic E-state index is 10.9. The fraction of sp³-hybridized carbons (Fsp3) is 0.909. The van der Waals surface area contributed by atoms with Gasteiger partial charge in [0.15, 0.2) is 0 Å². The van der Waals surface area contributed by atoms with Gasteiger partial charge in [-0.2, -0.15) is 0 Å². The fourth-order valence-corrected chi connectivity index (χ4v) is 2.75. The number of piperidine rings is 1. The molecule has 4 nitrogen and oxygen atoms in total. The summed E-state index contributed by atoms with van der Waals surface area (Å²) in [6, 6.07) is 0. The standard InChI is InChI=1S/C11H19NO3/c13-10(14)8-11(4-7-15-9-11)12-5-2-1-3-6-12/h1-9H2,(H,13,14). The molecule has 2 rings (SSSR count). The van der Waals surface area contributed by atoms with Gasteiger partial charge in [-0.25, -0.2) is 0 Å². The Kier molecular flexibility index (Phi) is 3.26. The van der Waals surface area contributed by atoms with Gasteiger partial charge >= 0.3 is 5.97 Å². The molecule has 0 aliphatic carbocycles. The topological polar surface area (TPSA) is 49.8 Å². The van der Waals surface area contributed by atoms with E-state index < -0.39 is 5.97 Å². The number of likely N-dealkylation sites (tertiary alicyclic amines) is 1. The highest BCUT2D eigenvalue weighted by Crippen LogP contribution is 2.32. The van der Waals surface area contributed by atoms with Gasteiger partial charge in [0, 0.05) is 6.61 Å². The second-order valence-electron chi connectivity index (χ2n) is 4.65. The summed E-state index contributed by atoms with van der Waals surface area (Å²) in [4.78, 5) is 13.3. The maximum Gasteiger partial charge on any atom is 0.305 e. The minimum Gasteiger partial charge on any atom is -0.481 e. The van der Waals surface area contributed by atoms with Crippen molar-refractivity contribution in [1.82, 2.24) is 4.90 Å². The first-order valence-corrected chi connectivity index (χ1v) is 5.78. The van der Waals surface area contributed by atoms with Crippen LogP contribution >= 0.6 is 0 Å². The number of hydrogen-bond donors (Lipinski definition) is 1. The number of carboxylic acid groups (broad SMARTS) is 1. The molecular weight excluding hydrogens is 194 g/mol. The minimum absolute atomic E-state index is 0.202. The molecule has 0 spiro atoms. The van der Waals surface area contributed by atoms with Gasteiger partial charge in [-0.1, -0.05) is 6.42 Å². The molecule has 0 bridgehead atoms. The molecule has 2 fully saturated rings. The van der Waals surface area contributed by atoms with Crippen LogP contribution in [0.2, 0.25) is 0 Å². The summed E-state index contributed by atoms with van der Waals surface area (Å²) in [6.45, 7) is 3.39. The molecule has 15 heavy (non-hydrogen) atoms. The number of ether oxygens (including phenoxy) is 1. The van der Waals surface area contributed by atoms with Crippen molar-refractivity contribution in [3.8, 4) is 0 Å². The largest absolute Gasteiger partial charge is 0.481 e. The van der Waals surface area contributed by atoms with Gasteiger partial charge in [-0.3, -0.25) is 9.69 Å². The highest BCUT2D eigenvalue weighted by Gasteiger charge is 2.42. The lowest BCUT2D eigenvalue weighted by atomic mass is 9.90. The number of carboxylic acids is 1. The molecule has 0 aromatic rings. The molecule has 2 aliphatic heterocycles. The summed E-state index contributed by atoms with van der Waals surface area (Å²) in [7, 11) is 0. The molecule has 86 valence electrons. The number of hydrogen-bond acceptors (Lipinski definition) is 3. The third-order valence-electron chi connectivity index (χ3n) is 3.59. The van der Waals surface area contributed by atoms with Crippen LogP contribution in [0.15, 0.2) is 0 Å². The van der Waals surface area contributed by atoms with Crippen LogP contribution in [-0.4, -0.2) is 47.8 Å². The van der Waals surface area contributed by atoms with Gasteiger partial charge in [-0.15, -0.1) is 0 Å². The van der Waals surface area contributed by atoms with Gasteiger partial charge < -0.3 is 9.84 Å². The summed E-state index contributed by atoms with van der Waals surface area (Å²) in [5, 5.41) is 8.99. The molecule has 1 unspecified atom stereocenters. The number of aliphatic carboxylic acids is 1. The Bertz CT molecular complexity index is 230.